The van der Waals surface area contributed by atoms with Gasteiger partial charge in [0.2, 0.25) is 0 Å². The van der Waals surface area contributed by atoms with Crippen molar-refractivity contribution in [2.45, 2.75) is 97.9 Å². The Hall–Kier alpha value is -3.73. The number of hydrogen-bond donors (Lipinski definition) is 1. The van der Waals surface area contributed by atoms with E-state index in [0.29, 0.717) is 12.3 Å². The third-order valence-electron chi connectivity index (χ3n) is 10.5. The van der Waals surface area contributed by atoms with Crippen molar-refractivity contribution in [3.05, 3.63) is 105 Å². The maximum atomic E-state index is 13.0. The predicted octanol–water partition coefficient (Wildman–Crippen LogP) is 8.89. The highest BCUT2D eigenvalue weighted by Gasteiger charge is 2.61. The molecule has 1 amide bonds. The number of rotatable bonds is 9. The number of allylic oxidation sites excluding steroid dienone is 6. The van der Waals surface area contributed by atoms with Gasteiger partial charge in [-0.1, -0.05) is 69.2 Å². The molecule has 4 aliphatic rings. The fourth-order valence-electron chi connectivity index (χ4n) is 8.09. The number of alkyl carbamates (subject to hydrolysis) is 1. The zero-order valence-corrected chi connectivity index (χ0v) is 27.9. The van der Waals surface area contributed by atoms with Crippen LogP contribution in [0.2, 0.25) is 0 Å². The summed E-state index contributed by atoms with van der Waals surface area (Å²) >= 11 is 0. The molecule has 0 fully saturated rings. The normalized spacial score (nSPS) is 24.6. The van der Waals surface area contributed by atoms with Crippen molar-refractivity contribution in [3.63, 3.8) is 0 Å². The van der Waals surface area contributed by atoms with E-state index in [2.05, 4.69) is 125 Å². The van der Waals surface area contributed by atoms with Crippen molar-refractivity contribution >= 4 is 17.5 Å². The van der Waals surface area contributed by atoms with Crippen LogP contribution in [0.3, 0.4) is 0 Å². The van der Waals surface area contributed by atoms with Gasteiger partial charge < -0.3 is 19.9 Å². The van der Waals surface area contributed by atoms with Crippen LogP contribution in [-0.4, -0.2) is 31.8 Å². The van der Waals surface area contributed by atoms with Gasteiger partial charge in [0.05, 0.1) is 6.04 Å². The summed E-state index contributed by atoms with van der Waals surface area (Å²) in [4.78, 5) is 17.9. The Bertz CT molecular complexity index is 1620. The number of aryl methyl sites for hydroxylation is 2. The second-order valence-electron chi connectivity index (χ2n) is 13.6. The molecule has 2 heterocycles. The number of likely N-dealkylation sites (N-methyl/N-ethyl adjacent to an activating group) is 2. The number of fused-ring (bicyclic) bond motifs is 2. The summed E-state index contributed by atoms with van der Waals surface area (Å²) < 4.78 is 6.13. The van der Waals surface area contributed by atoms with Crippen LogP contribution in [0.15, 0.2) is 77.2 Å². The number of nitrogens with one attached hydrogen (secondary N) is 1. The van der Waals surface area contributed by atoms with Crippen LogP contribution < -0.4 is 15.1 Å². The molecule has 232 valence electrons. The molecule has 0 saturated carbocycles. The van der Waals surface area contributed by atoms with Crippen LogP contribution >= 0.6 is 0 Å². The molecule has 2 aliphatic heterocycles. The van der Waals surface area contributed by atoms with Gasteiger partial charge in [-0.3, -0.25) is 0 Å². The first-order chi connectivity index (χ1) is 21.1. The molecule has 6 rings (SSSR count). The molecule has 0 spiro atoms. The van der Waals surface area contributed by atoms with Crippen LogP contribution in [0.25, 0.3) is 0 Å². The highest BCUT2D eigenvalue weighted by atomic mass is 16.6. The third-order valence-corrected chi connectivity index (χ3v) is 10.5. The van der Waals surface area contributed by atoms with Gasteiger partial charge in [0.15, 0.2) is 0 Å². The molecule has 2 aromatic rings. The number of anilines is 2. The number of unbranched alkanes of at least 4 members (excludes halogenated alkanes) is 1. The fraction of sp³-hybridized carbons (Fsp3) is 0.462. The van der Waals surface area contributed by atoms with Crippen molar-refractivity contribution in [1.29, 1.82) is 0 Å². The molecule has 5 nitrogen and oxygen atoms in total. The van der Waals surface area contributed by atoms with Crippen LogP contribution in [0.1, 0.15) is 95.0 Å². The molecule has 2 atom stereocenters. The van der Waals surface area contributed by atoms with Gasteiger partial charge in [0, 0.05) is 47.5 Å². The highest BCUT2D eigenvalue weighted by Crippen LogP contribution is 2.64. The summed E-state index contributed by atoms with van der Waals surface area (Å²) in [6.07, 6.45) is 12.4. The van der Waals surface area contributed by atoms with E-state index in [0.717, 1.165) is 49.9 Å². The average Bonchev–Trinajstić information content (AvgIpc) is 3.22. The SMILES string of the molecule is CCCCNC(=O)OC1=C(/C=C/C2N(CC)c3ccc(C)c4c3C42C)CC/C1=C\C=C1\N(CC)c2ccc(C)cc2C1(C)C. The Morgan fingerprint density at radius 3 is 2.50 bits per heavy atom. The van der Waals surface area contributed by atoms with Gasteiger partial charge in [-0.2, -0.15) is 0 Å². The molecule has 2 unspecified atom stereocenters. The zero-order valence-electron chi connectivity index (χ0n) is 27.9. The Balaban J connectivity index is 1.34. The second-order valence-corrected chi connectivity index (χ2v) is 13.6. The van der Waals surface area contributed by atoms with Gasteiger partial charge >= 0.3 is 6.09 Å². The first kappa shape index (κ1) is 30.3. The minimum Gasteiger partial charge on any atom is -0.410 e. The quantitative estimate of drug-likeness (QED) is 0.296. The molecule has 1 N–H and O–H groups in total. The number of carbonyl (C=O) groups excluding carboxylic acids is 1. The number of amides is 1. The lowest BCUT2D eigenvalue weighted by atomic mass is 9.83. The van der Waals surface area contributed by atoms with E-state index in [1.807, 2.05) is 0 Å². The van der Waals surface area contributed by atoms with Crippen molar-refractivity contribution < 1.29 is 9.53 Å². The number of carbonyl (C=O) groups is 1. The van der Waals surface area contributed by atoms with E-state index in [4.69, 9.17) is 4.74 Å². The number of nitrogens with zero attached hydrogens (tertiary/aromatic N) is 2. The van der Waals surface area contributed by atoms with Crippen LogP contribution in [0.4, 0.5) is 16.2 Å². The van der Waals surface area contributed by atoms with E-state index < -0.39 is 0 Å². The lowest BCUT2D eigenvalue weighted by molar-refractivity contribution is 0.177. The summed E-state index contributed by atoms with van der Waals surface area (Å²) in [5, 5.41) is 2.96. The first-order valence-electron chi connectivity index (χ1n) is 16.7. The standard InChI is InChI=1S/C39H49N3O2/c1-9-12-23-40-37(43)44-36-27(17-21-32-38(6,7)29-24-25(4)13-19-30(29)41(32)10-2)15-16-28(36)18-22-33-39(8)34-26(5)14-20-31(35(34)39)42(33)11-3/h13-14,17-22,24,33H,9-12,15-16,23H2,1-8H3,(H,40,43)/b22-18+,27-17+,32-21+. The van der Waals surface area contributed by atoms with E-state index in [-0.39, 0.29) is 23.0 Å². The number of benzene rings is 2. The van der Waals surface area contributed by atoms with Gasteiger partial charge in [-0.25, -0.2) is 4.79 Å². The molecule has 0 radical (unpaired) electrons. The van der Waals surface area contributed by atoms with Gasteiger partial charge in [-0.05, 0) is 105 Å². The average molecular weight is 592 g/mol. The summed E-state index contributed by atoms with van der Waals surface area (Å²) in [6.45, 7) is 20.5. The topological polar surface area (TPSA) is 44.8 Å². The van der Waals surface area contributed by atoms with E-state index >= 15 is 0 Å². The number of hydrogen-bond acceptors (Lipinski definition) is 4. The van der Waals surface area contributed by atoms with E-state index in [1.165, 1.54) is 44.9 Å². The van der Waals surface area contributed by atoms with Crippen molar-refractivity contribution in [2.75, 3.05) is 29.4 Å². The zero-order chi connectivity index (χ0) is 31.4. The number of ether oxygens (including phenoxy) is 1. The summed E-state index contributed by atoms with van der Waals surface area (Å²) in [6, 6.07) is 11.6. The van der Waals surface area contributed by atoms with E-state index in [9.17, 15) is 4.79 Å². The van der Waals surface area contributed by atoms with Gasteiger partial charge in [-0.15, -0.1) is 0 Å². The van der Waals surface area contributed by atoms with Crippen molar-refractivity contribution in [1.82, 2.24) is 5.32 Å². The van der Waals surface area contributed by atoms with Crippen molar-refractivity contribution in [2.24, 2.45) is 0 Å². The van der Waals surface area contributed by atoms with Crippen molar-refractivity contribution in [3.8, 4) is 0 Å². The molecular formula is C39H49N3O2. The Labute approximate surface area is 264 Å². The largest absolute Gasteiger partial charge is 0.412 e. The molecule has 0 bridgehead atoms. The molecule has 2 aliphatic carbocycles. The lowest BCUT2D eigenvalue weighted by Crippen LogP contribution is -2.38. The van der Waals surface area contributed by atoms with Crippen LogP contribution in [0, 0.1) is 13.8 Å². The monoisotopic (exact) mass is 591 g/mol. The van der Waals surface area contributed by atoms with E-state index in [1.54, 1.807) is 0 Å². The summed E-state index contributed by atoms with van der Waals surface area (Å²) in [5.74, 6) is 0.716. The highest BCUT2D eigenvalue weighted by molar-refractivity contribution is 5.84. The smallest absolute Gasteiger partial charge is 0.410 e. The van der Waals surface area contributed by atoms with Gasteiger partial charge in [0.1, 0.15) is 5.76 Å². The van der Waals surface area contributed by atoms with Crippen LogP contribution in [0.5, 0.6) is 0 Å². The second kappa shape index (κ2) is 11.3. The summed E-state index contributed by atoms with van der Waals surface area (Å²) in [7, 11) is 0. The Morgan fingerprint density at radius 1 is 1.00 bits per heavy atom. The molecule has 5 heteroatoms. The maximum Gasteiger partial charge on any atom is 0.412 e. The first-order valence-corrected chi connectivity index (χ1v) is 16.7. The summed E-state index contributed by atoms with van der Waals surface area (Å²) in [5.41, 5.74) is 13.1. The minimum absolute atomic E-state index is 0.0707. The molecular weight excluding hydrogens is 542 g/mol. The predicted molar refractivity (Wildman–Crippen MR) is 183 cm³/mol. The lowest BCUT2D eigenvalue weighted by Gasteiger charge is -2.31. The van der Waals surface area contributed by atoms with Crippen LogP contribution in [-0.2, 0) is 15.6 Å². The Morgan fingerprint density at radius 2 is 1.77 bits per heavy atom. The molecule has 2 aromatic carbocycles. The molecule has 44 heavy (non-hydrogen) atoms. The molecule has 0 aromatic heterocycles. The third kappa shape index (κ3) is 4.71. The van der Waals surface area contributed by atoms with Gasteiger partial charge in [0.25, 0.3) is 0 Å². The molecule has 0 saturated heterocycles. The fourth-order valence-corrected chi connectivity index (χ4v) is 8.09. The minimum atomic E-state index is -0.365. The Kier molecular flexibility index (Phi) is 7.80. The maximum absolute atomic E-state index is 13.0.